The van der Waals surface area contributed by atoms with E-state index in [1.165, 1.54) is 33.5 Å². The molecule has 0 spiro atoms. The number of rotatable bonds is 3. The van der Waals surface area contributed by atoms with E-state index in [0.717, 1.165) is 11.8 Å². The molecule has 1 aromatic carbocycles. The molecule has 2 heterocycles. The number of hydrogen-bond donors (Lipinski definition) is 1. The third-order valence-electron chi connectivity index (χ3n) is 3.18. The zero-order valence-electron chi connectivity index (χ0n) is 9.72. The van der Waals surface area contributed by atoms with Crippen LogP contribution >= 0.6 is 35.3 Å². The third-order valence-corrected chi connectivity index (χ3v) is 7.20. The van der Waals surface area contributed by atoms with Gasteiger partial charge in [-0.2, -0.15) is 23.5 Å². The molecule has 3 rings (SSSR count). The Morgan fingerprint density at radius 1 is 1.18 bits per heavy atom. The molecule has 2 unspecified atom stereocenters. The van der Waals surface area contributed by atoms with Gasteiger partial charge in [0.05, 0.1) is 0 Å². The summed E-state index contributed by atoms with van der Waals surface area (Å²) < 4.78 is 0. The van der Waals surface area contributed by atoms with Gasteiger partial charge in [0.15, 0.2) is 0 Å². The van der Waals surface area contributed by atoms with E-state index in [0.29, 0.717) is 6.04 Å². The first-order chi connectivity index (χ1) is 8.43. The molecule has 2 aliphatic heterocycles. The van der Waals surface area contributed by atoms with Crippen molar-refractivity contribution in [1.29, 1.82) is 0 Å². The van der Waals surface area contributed by atoms with Gasteiger partial charge < -0.3 is 5.32 Å². The average molecular weight is 283 g/mol. The summed E-state index contributed by atoms with van der Waals surface area (Å²) in [7, 11) is 0. The second-order valence-electron chi connectivity index (χ2n) is 4.38. The van der Waals surface area contributed by atoms with Crippen molar-refractivity contribution in [1.82, 2.24) is 5.32 Å². The van der Waals surface area contributed by atoms with Crippen LogP contribution < -0.4 is 5.32 Å². The maximum Gasteiger partial charge on any atom is 0.0426 e. The second-order valence-corrected chi connectivity index (χ2v) is 8.00. The molecule has 92 valence electrons. The zero-order valence-corrected chi connectivity index (χ0v) is 12.2. The first-order valence-electron chi connectivity index (χ1n) is 6.08. The lowest BCUT2D eigenvalue weighted by atomic mass is 10.1. The standard InChI is InChI=1S/C13H17NS3/c1-2-4-13-11(3-1)12(9-17-13)14-7-10-8-15-5-6-16-10/h1-4,10,12,14H,5-9H2. The van der Waals surface area contributed by atoms with Crippen molar-refractivity contribution in [3.8, 4) is 0 Å². The van der Waals surface area contributed by atoms with Crippen molar-refractivity contribution in [3.63, 3.8) is 0 Å². The van der Waals surface area contributed by atoms with Crippen molar-refractivity contribution >= 4 is 35.3 Å². The van der Waals surface area contributed by atoms with Gasteiger partial charge in [-0.15, -0.1) is 11.8 Å². The van der Waals surface area contributed by atoms with Crippen LogP contribution in [0.1, 0.15) is 11.6 Å². The Morgan fingerprint density at radius 3 is 3.00 bits per heavy atom. The normalized spacial score (nSPS) is 28.0. The SMILES string of the molecule is c1ccc2c(c1)SCC2NCC1CSCCS1. The fourth-order valence-electron chi connectivity index (χ4n) is 2.26. The molecular formula is C13H17NS3. The van der Waals surface area contributed by atoms with Crippen LogP contribution in [0.15, 0.2) is 29.2 Å². The predicted octanol–water partition coefficient (Wildman–Crippen LogP) is 3.27. The number of hydrogen-bond acceptors (Lipinski definition) is 4. The maximum atomic E-state index is 3.75. The monoisotopic (exact) mass is 283 g/mol. The van der Waals surface area contributed by atoms with E-state index in [1.54, 1.807) is 0 Å². The van der Waals surface area contributed by atoms with E-state index in [4.69, 9.17) is 0 Å². The molecule has 0 aromatic heterocycles. The fraction of sp³-hybridized carbons (Fsp3) is 0.538. The van der Waals surface area contributed by atoms with Gasteiger partial charge in [0.2, 0.25) is 0 Å². The molecule has 1 N–H and O–H groups in total. The third kappa shape index (κ3) is 2.98. The van der Waals surface area contributed by atoms with E-state index in [9.17, 15) is 0 Å². The van der Waals surface area contributed by atoms with Crippen molar-refractivity contribution < 1.29 is 0 Å². The van der Waals surface area contributed by atoms with Crippen molar-refractivity contribution in [2.45, 2.75) is 16.2 Å². The Bertz CT molecular complexity index is 377. The topological polar surface area (TPSA) is 12.0 Å². The van der Waals surface area contributed by atoms with Crippen LogP contribution in [0.5, 0.6) is 0 Å². The van der Waals surface area contributed by atoms with E-state index in [2.05, 4.69) is 53.1 Å². The molecule has 0 bridgehead atoms. The molecule has 17 heavy (non-hydrogen) atoms. The van der Waals surface area contributed by atoms with Gasteiger partial charge in [0.25, 0.3) is 0 Å². The summed E-state index contributed by atoms with van der Waals surface area (Å²) in [6, 6.07) is 9.39. The van der Waals surface area contributed by atoms with Gasteiger partial charge >= 0.3 is 0 Å². The summed E-state index contributed by atoms with van der Waals surface area (Å²) >= 11 is 6.23. The van der Waals surface area contributed by atoms with Crippen molar-refractivity contribution in [2.75, 3.05) is 29.6 Å². The van der Waals surface area contributed by atoms with Gasteiger partial charge in [-0.05, 0) is 11.6 Å². The summed E-state index contributed by atoms with van der Waals surface area (Å²) in [4.78, 5) is 1.47. The Labute approximate surface area is 116 Å². The summed E-state index contributed by atoms with van der Waals surface area (Å²) in [6.45, 7) is 1.16. The van der Waals surface area contributed by atoms with Crippen LogP contribution in [0.3, 0.4) is 0 Å². The highest BCUT2D eigenvalue weighted by molar-refractivity contribution is 8.06. The Kier molecular flexibility index (Phi) is 4.27. The van der Waals surface area contributed by atoms with Crippen molar-refractivity contribution in [2.24, 2.45) is 0 Å². The Balaban J connectivity index is 1.56. The summed E-state index contributed by atoms with van der Waals surface area (Å²) in [5.74, 6) is 5.18. The number of benzene rings is 1. The molecular weight excluding hydrogens is 266 g/mol. The zero-order chi connectivity index (χ0) is 11.5. The molecule has 0 amide bonds. The largest absolute Gasteiger partial charge is 0.308 e. The quantitative estimate of drug-likeness (QED) is 0.913. The first-order valence-corrected chi connectivity index (χ1v) is 9.27. The van der Waals surface area contributed by atoms with Crippen molar-refractivity contribution in [3.05, 3.63) is 29.8 Å². The number of fused-ring (bicyclic) bond motifs is 1. The van der Waals surface area contributed by atoms with Crippen LogP contribution in [0.25, 0.3) is 0 Å². The second kappa shape index (κ2) is 5.91. The molecule has 0 aliphatic carbocycles. The average Bonchev–Trinajstić information content (AvgIpc) is 2.81. The molecule has 1 saturated heterocycles. The van der Waals surface area contributed by atoms with Crippen LogP contribution in [0, 0.1) is 0 Å². The van der Waals surface area contributed by atoms with Crippen LogP contribution in [-0.2, 0) is 0 Å². The molecule has 0 saturated carbocycles. The highest BCUT2D eigenvalue weighted by atomic mass is 32.2. The van der Waals surface area contributed by atoms with Gasteiger partial charge in [0, 0.05) is 45.7 Å². The minimum Gasteiger partial charge on any atom is -0.308 e. The molecule has 0 radical (unpaired) electrons. The van der Waals surface area contributed by atoms with Crippen LogP contribution in [0.2, 0.25) is 0 Å². The maximum absolute atomic E-state index is 3.75. The lowest BCUT2D eigenvalue weighted by Gasteiger charge is -2.23. The van der Waals surface area contributed by atoms with E-state index >= 15 is 0 Å². The molecule has 1 fully saturated rings. The van der Waals surface area contributed by atoms with Crippen LogP contribution in [0.4, 0.5) is 0 Å². The minimum atomic E-state index is 0.573. The number of nitrogens with one attached hydrogen (secondary N) is 1. The molecule has 1 aromatic rings. The van der Waals surface area contributed by atoms with E-state index in [1.807, 2.05) is 11.8 Å². The smallest absolute Gasteiger partial charge is 0.0426 e. The van der Waals surface area contributed by atoms with Crippen LogP contribution in [-0.4, -0.2) is 34.8 Å². The number of thioether (sulfide) groups is 3. The van der Waals surface area contributed by atoms with Gasteiger partial charge in [-0.1, -0.05) is 18.2 Å². The lowest BCUT2D eigenvalue weighted by molar-refractivity contribution is 0.586. The first kappa shape index (κ1) is 12.3. The lowest BCUT2D eigenvalue weighted by Crippen LogP contribution is -2.32. The summed E-state index contributed by atoms with van der Waals surface area (Å²) in [5.41, 5.74) is 1.51. The summed E-state index contributed by atoms with van der Waals surface area (Å²) in [6.07, 6.45) is 0. The van der Waals surface area contributed by atoms with E-state index < -0.39 is 0 Å². The Hall–Kier alpha value is 0.230. The van der Waals surface area contributed by atoms with E-state index in [-0.39, 0.29) is 0 Å². The molecule has 2 aliphatic rings. The molecule has 1 nitrogen and oxygen atoms in total. The van der Waals surface area contributed by atoms with Gasteiger partial charge in [-0.3, -0.25) is 0 Å². The van der Waals surface area contributed by atoms with Gasteiger partial charge in [0.1, 0.15) is 0 Å². The van der Waals surface area contributed by atoms with Gasteiger partial charge in [-0.25, -0.2) is 0 Å². The highest BCUT2D eigenvalue weighted by Gasteiger charge is 2.23. The molecule has 4 heteroatoms. The fourth-order valence-corrected chi connectivity index (χ4v) is 6.08. The molecule has 2 atom stereocenters. The predicted molar refractivity (Wildman–Crippen MR) is 81.5 cm³/mol. The highest BCUT2D eigenvalue weighted by Crippen LogP contribution is 2.37. The summed E-state index contributed by atoms with van der Waals surface area (Å²) in [5, 5.41) is 4.56. The Morgan fingerprint density at radius 2 is 2.12 bits per heavy atom. The minimum absolute atomic E-state index is 0.573.